The molecule has 0 radical (unpaired) electrons. The Morgan fingerprint density at radius 3 is 2.39 bits per heavy atom. The summed E-state index contributed by atoms with van der Waals surface area (Å²) < 4.78 is 25.8. The molecular formula is C23H17FO3S. The Labute approximate surface area is 166 Å². The molecule has 0 N–H and O–H groups in total. The molecule has 0 amide bonds. The Morgan fingerprint density at radius 2 is 1.57 bits per heavy atom. The number of carbonyl (C=O) groups is 1. The molecule has 1 aromatic heterocycles. The molecule has 140 valence electrons. The Morgan fingerprint density at radius 1 is 0.857 bits per heavy atom. The van der Waals surface area contributed by atoms with Crippen molar-refractivity contribution in [1.29, 1.82) is 0 Å². The molecule has 28 heavy (non-hydrogen) atoms. The highest BCUT2D eigenvalue weighted by Crippen LogP contribution is 2.45. The molecule has 0 atom stereocenters. The molecule has 0 aliphatic rings. The zero-order valence-electron chi connectivity index (χ0n) is 14.9. The van der Waals surface area contributed by atoms with Crippen molar-refractivity contribution < 1.29 is 18.7 Å². The highest BCUT2D eigenvalue weighted by Gasteiger charge is 2.17. The summed E-state index contributed by atoms with van der Waals surface area (Å²) in [6.45, 7) is 0.652. The molecule has 0 saturated carbocycles. The van der Waals surface area contributed by atoms with Gasteiger partial charge in [-0.15, -0.1) is 11.3 Å². The minimum absolute atomic E-state index is 0.299. The van der Waals surface area contributed by atoms with Crippen molar-refractivity contribution in [2.75, 3.05) is 13.2 Å². The van der Waals surface area contributed by atoms with E-state index in [0.717, 1.165) is 32.6 Å². The first-order valence-electron chi connectivity index (χ1n) is 8.83. The van der Waals surface area contributed by atoms with Crippen molar-refractivity contribution in [1.82, 2.24) is 0 Å². The maximum Gasteiger partial charge on any atom is 0.150 e. The van der Waals surface area contributed by atoms with Gasteiger partial charge in [-0.2, -0.15) is 0 Å². The van der Waals surface area contributed by atoms with Crippen LogP contribution in [0.1, 0.15) is 10.4 Å². The van der Waals surface area contributed by atoms with Gasteiger partial charge in [0, 0.05) is 21.2 Å². The lowest BCUT2D eigenvalue weighted by atomic mass is 10.1. The van der Waals surface area contributed by atoms with E-state index in [2.05, 4.69) is 0 Å². The summed E-state index contributed by atoms with van der Waals surface area (Å²) in [6, 6.07) is 21.4. The lowest BCUT2D eigenvalue weighted by molar-refractivity contribution is 0.112. The summed E-state index contributed by atoms with van der Waals surface area (Å²) in [5.41, 5.74) is 1.48. The van der Waals surface area contributed by atoms with Gasteiger partial charge in [-0.1, -0.05) is 36.4 Å². The predicted octanol–water partition coefficient (Wildman–Crippen LogP) is 5.98. The average molecular weight is 392 g/mol. The van der Waals surface area contributed by atoms with Crippen LogP contribution in [0.5, 0.6) is 11.5 Å². The second-order valence-corrected chi connectivity index (χ2v) is 7.16. The van der Waals surface area contributed by atoms with E-state index in [1.54, 1.807) is 29.5 Å². The van der Waals surface area contributed by atoms with Crippen molar-refractivity contribution in [2.24, 2.45) is 0 Å². The zero-order valence-corrected chi connectivity index (χ0v) is 15.7. The number of carbonyl (C=O) groups excluding carboxylic acids is 1. The second kappa shape index (κ2) is 8.23. The number of hydrogen-bond acceptors (Lipinski definition) is 4. The van der Waals surface area contributed by atoms with Crippen LogP contribution >= 0.6 is 11.3 Å². The number of fused-ring (bicyclic) bond motifs is 1. The third-order valence-electron chi connectivity index (χ3n) is 4.29. The summed E-state index contributed by atoms with van der Waals surface area (Å²) >= 11 is 1.60. The third-order valence-corrected chi connectivity index (χ3v) is 5.48. The predicted molar refractivity (Wildman–Crippen MR) is 110 cm³/mol. The first-order valence-corrected chi connectivity index (χ1v) is 9.65. The highest BCUT2D eigenvalue weighted by molar-refractivity contribution is 7.22. The summed E-state index contributed by atoms with van der Waals surface area (Å²) in [6.07, 6.45) is 0.862. The van der Waals surface area contributed by atoms with E-state index < -0.39 is 0 Å². The molecule has 3 nitrogen and oxygen atoms in total. The van der Waals surface area contributed by atoms with Gasteiger partial charge in [-0.3, -0.25) is 4.79 Å². The van der Waals surface area contributed by atoms with Crippen LogP contribution in [0.4, 0.5) is 4.39 Å². The second-order valence-electron chi connectivity index (χ2n) is 6.11. The average Bonchev–Trinajstić information content (AvgIpc) is 3.11. The molecule has 0 aliphatic carbocycles. The molecule has 0 spiro atoms. The molecule has 0 fully saturated rings. The standard InChI is InChI=1S/C23H17FO3S/c24-17-9-11-18(12-10-17)26-13-14-27-22-20-7-3-4-8-21(20)28-23(22)19-6-2-1-5-16(19)15-25/h1-12,15H,13-14H2. The van der Waals surface area contributed by atoms with Crippen LogP contribution < -0.4 is 9.47 Å². The van der Waals surface area contributed by atoms with E-state index in [4.69, 9.17) is 9.47 Å². The normalized spacial score (nSPS) is 10.8. The summed E-state index contributed by atoms with van der Waals surface area (Å²) in [5, 5.41) is 1.00. The number of ether oxygens (including phenoxy) is 2. The molecule has 3 aromatic carbocycles. The van der Waals surface area contributed by atoms with Gasteiger partial charge in [0.1, 0.15) is 30.5 Å². The van der Waals surface area contributed by atoms with E-state index in [1.807, 2.05) is 42.5 Å². The SMILES string of the molecule is O=Cc1ccccc1-c1sc2ccccc2c1OCCOc1ccc(F)cc1. The van der Waals surface area contributed by atoms with Gasteiger partial charge >= 0.3 is 0 Å². The van der Waals surface area contributed by atoms with Crippen LogP contribution in [0.25, 0.3) is 20.5 Å². The number of benzene rings is 3. The summed E-state index contributed by atoms with van der Waals surface area (Å²) in [7, 11) is 0. The van der Waals surface area contributed by atoms with Crippen LogP contribution in [-0.2, 0) is 0 Å². The fraction of sp³-hybridized carbons (Fsp3) is 0.0870. The highest BCUT2D eigenvalue weighted by atomic mass is 32.1. The van der Waals surface area contributed by atoms with Crippen LogP contribution in [-0.4, -0.2) is 19.5 Å². The van der Waals surface area contributed by atoms with Crippen molar-refractivity contribution in [3.05, 3.63) is 84.2 Å². The van der Waals surface area contributed by atoms with Gasteiger partial charge in [-0.25, -0.2) is 4.39 Å². The van der Waals surface area contributed by atoms with Gasteiger partial charge < -0.3 is 9.47 Å². The smallest absolute Gasteiger partial charge is 0.150 e. The molecule has 1 heterocycles. The van der Waals surface area contributed by atoms with Gasteiger partial charge in [0.05, 0.1) is 4.88 Å². The Kier molecular flexibility index (Phi) is 5.35. The summed E-state index contributed by atoms with van der Waals surface area (Å²) in [4.78, 5) is 12.4. The molecule has 0 bridgehead atoms. The number of thiophene rings is 1. The number of hydrogen-bond donors (Lipinski definition) is 0. The lowest BCUT2D eigenvalue weighted by Gasteiger charge is -2.11. The van der Waals surface area contributed by atoms with Crippen molar-refractivity contribution in [3.8, 4) is 21.9 Å². The fourth-order valence-corrected chi connectivity index (χ4v) is 4.18. The van der Waals surface area contributed by atoms with Crippen LogP contribution in [0.15, 0.2) is 72.8 Å². The molecule has 0 aliphatic heterocycles. The molecule has 0 saturated heterocycles. The molecule has 4 rings (SSSR count). The Balaban J connectivity index is 1.58. The Hall–Kier alpha value is -3.18. The minimum atomic E-state index is -0.299. The molecule has 0 unspecified atom stereocenters. The number of halogens is 1. The van der Waals surface area contributed by atoms with Gasteiger partial charge in [0.2, 0.25) is 0 Å². The van der Waals surface area contributed by atoms with E-state index in [0.29, 0.717) is 24.5 Å². The molecular weight excluding hydrogens is 375 g/mol. The van der Waals surface area contributed by atoms with Crippen molar-refractivity contribution >= 4 is 27.7 Å². The van der Waals surface area contributed by atoms with Gasteiger partial charge in [-0.05, 0) is 36.4 Å². The maximum absolute atomic E-state index is 13.0. The zero-order chi connectivity index (χ0) is 19.3. The van der Waals surface area contributed by atoms with Crippen LogP contribution in [0, 0.1) is 5.82 Å². The largest absolute Gasteiger partial charge is 0.490 e. The van der Waals surface area contributed by atoms with Crippen LogP contribution in [0.2, 0.25) is 0 Å². The van der Waals surface area contributed by atoms with E-state index in [-0.39, 0.29) is 5.82 Å². The molecule has 5 heteroatoms. The van der Waals surface area contributed by atoms with Crippen LogP contribution in [0.3, 0.4) is 0 Å². The maximum atomic E-state index is 13.0. The van der Waals surface area contributed by atoms with E-state index in [9.17, 15) is 9.18 Å². The Bertz CT molecular complexity index is 1100. The quantitative estimate of drug-likeness (QED) is 0.287. The number of rotatable bonds is 7. The minimum Gasteiger partial charge on any atom is -0.490 e. The topological polar surface area (TPSA) is 35.5 Å². The van der Waals surface area contributed by atoms with E-state index >= 15 is 0 Å². The molecule has 4 aromatic rings. The number of aldehydes is 1. The first-order chi connectivity index (χ1) is 13.8. The summed E-state index contributed by atoms with van der Waals surface area (Å²) in [5.74, 6) is 1.04. The van der Waals surface area contributed by atoms with Gasteiger partial charge in [0.25, 0.3) is 0 Å². The van der Waals surface area contributed by atoms with Crippen molar-refractivity contribution in [2.45, 2.75) is 0 Å². The van der Waals surface area contributed by atoms with Gasteiger partial charge in [0.15, 0.2) is 6.29 Å². The fourth-order valence-electron chi connectivity index (χ4n) is 2.98. The first kappa shape index (κ1) is 18.2. The monoisotopic (exact) mass is 392 g/mol. The lowest BCUT2D eigenvalue weighted by Crippen LogP contribution is -2.09. The third kappa shape index (κ3) is 3.75. The van der Waals surface area contributed by atoms with Crippen molar-refractivity contribution in [3.63, 3.8) is 0 Å². The van der Waals surface area contributed by atoms with E-state index in [1.165, 1.54) is 12.1 Å².